The fraction of sp³-hybridized carbons (Fsp3) is 0.556. The number of methoxy groups -OCH3 is 2. The van der Waals surface area contributed by atoms with Gasteiger partial charge in [-0.15, -0.1) is 0 Å². The second kappa shape index (κ2) is 7.11. The molecule has 6 heteroatoms. The predicted octanol–water partition coefficient (Wildman–Crippen LogP) is 1.60. The van der Waals surface area contributed by atoms with E-state index in [2.05, 4.69) is 0 Å². The number of carbonyl (C=O) groups is 2. The zero-order chi connectivity index (χ0) is 17.1. The van der Waals surface area contributed by atoms with Gasteiger partial charge in [0.25, 0.3) is 0 Å². The van der Waals surface area contributed by atoms with E-state index in [0.717, 1.165) is 30.6 Å². The normalized spacial score (nSPS) is 17.5. The Morgan fingerprint density at radius 3 is 2.42 bits per heavy atom. The molecule has 130 valence electrons. The summed E-state index contributed by atoms with van der Waals surface area (Å²) in [5, 5.41) is 0. The van der Waals surface area contributed by atoms with Gasteiger partial charge in [0.1, 0.15) is 0 Å². The summed E-state index contributed by atoms with van der Waals surface area (Å²) in [7, 11) is 3.23. The van der Waals surface area contributed by atoms with Gasteiger partial charge in [0, 0.05) is 26.1 Å². The van der Waals surface area contributed by atoms with Gasteiger partial charge in [-0.05, 0) is 42.5 Å². The summed E-state index contributed by atoms with van der Waals surface area (Å²) < 4.78 is 10.7. The fourth-order valence-corrected chi connectivity index (χ4v) is 3.39. The summed E-state index contributed by atoms with van der Waals surface area (Å²) in [6.07, 6.45) is 3.27. The van der Waals surface area contributed by atoms with Crippen LogP contribution < -0.4 is 9.47 Å². The van der Waals surface area contributed by atoms with E-state index in [-0.39, 0.29) is 18.4 Å². The summed E-state index contributed by atoms with van der Waals surface area (Å²) in [4.78, 5) is 28.0. The highest BCUT2D eigenvalue weighted by molar-refractivity contribution is 5.85. The minimum absolute atomic E-state index is 0.0192. The maximum absolute atomic E-state index is 12.6. The standard InChI is InChI=1S/C18H24N2O4/c1-23-15-9-13-6-8-20(11-14(13)10-16(15)24-2)18(22)12-19-7-4-3-5-17(19)21/h9-10H,3-8,11-12H2,1-2H3. The van der Waals surface area contributed by atoms with Crippen molar-refractivity contribution >= 4 is 11.8 Å². The first-order chi connectivity index (χ1) is 11.6. The highest BCUT2D eigenvalue weighted by atomic mass is 16.5. The molecule has 1 saturated heterocycles. The van der Waals surface area contributed by atoms with E-state index in [9.17, 15) is 9.59 Å². The molecule has 1 aromatic carbocycles. The second-order valence-corrected chi connectivity index (χ2v) is 6.31. The lowest BCUT2D eigenvalue weighted by molar-refractivity contribution is -0.142. The minimum atomic E-state index is 0.0192. The van der Waals surface area contributed by atoms with Crippen molar-refractivity contribution < 1.29 is 19.1 Å². The van der Waals surface area contributed by atoms with E-state index in [0.29, 0.717) is 31.8 Å². The third-order valence-corrected chi connectivity index (χ3v) is 4.82. The topological polar surface area (TPSA) is 59.1 Å². The molecule has 3 rings (SSSR count). The first-order valence-electron chi connectivity index (χ1n) is 8.41. The van der Waals surface area contributed by atoms with Gasteiger partial charge in [-0.2, -0.15) is 0 Å². The van der Waals surface area contributed by atoms with Crippen LogP contribution in [0, 0.1) is 0 Å². The molecule has 1 fully saturated rings. The molecule has 2 aliphatic heterocycles. The molecule has 0 atom stereocenters. The molecule has 2 heterocycles. The van der Waals surface area contributed by atoms with E-state index in [1.165, 1.54) is 5.56 Å². The maximum atomic E-state index is 12.6. The molecule has 1 aromatic rings. The summed E-state index contributed by atoms with van der Waals surface area (Å²) in [6, 6.07) is 3.93. The Kier molecular flexibility index (Phi) is 4.92. The Balaban J connectivity index is 1.70. The van der Waals surface area contributed by atoms with Crippen molar-refractivity contribution in [3.05, 3.63) is 23.3 Å². The van der Waals surface area contributed by atoms with Crippen LogP contribution in [0.15, 0.2) is 12.1 Å². The number of fused-ring (bicyclic) bond motifs is 1. The van der Waals surface area contributed by atoms with Gasteiger partial charge < -0.3 is 19.3 Å². The summed E-state index contributed by atoms with van der Waals surface area (Å²) in [6.45, 7) is 2.11. The second-order valence-electron chi connectivity index (χ2n) is 6.31. The van der Waals surface area contributed by atoms with Gasteiger partial charge in [-0.25, -0.2) is 0 Å². The molecule has 0 saturated carbocycles. The number of ether oxygens (including phenoxy) is 2. The van der Waals surface area contributed by atoms with Crippen LogP contribution in [0.5, 0.6) is 11.5 Å². The van der Waals surface area contributed by atoms with E-state index in [1.54, 1.807) is 19.1 Å². The summed E-state index contributed by atoms with van der Waals surface area (Å²) in [5.74, 6) is 1.51. The smallest absolute Gasteiger partial charge is 0.242 e. The molecule has 2 aliphatic rings. The zero-order valence-corrected chi connectivity index (χ0v) is 14.3. The molecule has 24 heavy (non-hydrogen) atoms. The number of piperidine rings is 1. The monoisotopic (exact) mass is 332 g/mol. The van der Waals surface area contributed by atoms with E-state index >= 15 is 0 Å². The molecule has 0 spiro atoms. The molecule has 0 bridgehead atoms. The highest BCUT2D eigenvalue weighted by Crippen LogP contribution is 2.33. The largest absolute Gasteiger partial charge is 0.493 e. The first-order valence-corrected chi connectivity index (χ1v) is 8.41. The van der Waals surface area contributed by atoms with Crippen molar-refractivity contribution in [3.63, 3.8) is 0 Å². The van der Waals surface area contributed by atoms with Crippen LogP contribution >= 0.6 is 0 Å². The van der Waals surface area contributed by atoms with Crippen molar-refractivity contribution in [2.45, 2.75) is 32.2 Å². The average Bonchev–Trinajstić information content (AvgIpc) is 2.61. The predicted molar refractivity (Wildman–Crippen MR) is 89.1 cm³/mol. The average molecular weight is 332 g/mol. The lowest BCUT2D eigenvalue weighted by atomic mass is 9.98. The first kappa shape index (κ1) is 16.6. The molecular formula is C18H24N2O4. The van der Waals surface area contributed by atoms with Crippen molar-refractivity contribution in [1.82, 2.24) is 9.80 Å². The SMILES string of the molecule is COc1cc2c(cc1OC)CN(C(=O)CN1CCCCC1=O)CC2. The van der Waals surface area contributed by atoms with Crippen LogP contribution in [0.25, 0.3) is 0 Å². The third-order valence-electron chi connectivity index (χ3n) is 4.82. The summed E-state index contributed by atoms with van der Waals surface area (Å²) in [5.41, 5.74) is 2.27. The Morgan fingerprint density at radius 2 is 1.75 bits per heavy atom. The van der Waals surface area contributed by atoms with Crippen molar-refractivity contribution in [2.24, 2.45) is 0 Å². The highest BCUT2D eigenvalue weighted by Gasteiger charge is 2.26. The molecule has 0 N–H and O–H groups in total. The fourth-order valence-electron chi connectivity index (χ4n) is 3.39. The lowest BCUT2D eigenvalue weighted by Crippen LogP contribution is -2.46. The molecule has 0 unspecified atom stereocenters. The van der Waals surface area contributed by atoms with Gasteiger partial charge in [0.2, 0.25) is 11.8 Å². The molecule has 0 radical (unpaired) electrons. The molecule has 2 amide bonds. The Morgan fingerprint density at radius 1 is 1.04 bits per heavy atom. The third kappa shape index (κ3) is 3.32. The van der Waals surface area contributed by atoms with Gasteiger partial charge in [0.05, 0.1) is 20.8 Å². The van der Waals surface area contributed by atoms with Gasteiger partial charge in [0.15, 0.2) is 11.5 Å². The van der Waals surface area contributed by atoms with Gasteiger partial charge in [-0.3, -0.25) is 9.59 Å². The van der Waals surface area contributed by atoms with Gasteiger partial charge >= 0.3 is 0 Å². The molecule has 0 aliphatic carbocycles. The van der Waals surface area contributed by atoms with Crippen LogP contribution in [0.1, 0.15) is 30.4 Å². The minimum Gasteiger partial charge on any atom is -0.493 e. The molecule has 0 aromatic heterocycles. The Labute approximate surface area is 142 Å². The van der Waals surface area contributed by atoms with Crippen molar-refractivity contribution in [3.8, 4) is 11.5 Å². The quantitative estimate of drug-likeness (QED) is 0.840. The summed E-state index contributed by atoms with van der Waals surface area (Å²) >= 11 is 0. The van der Waals surface area contributed by atoms with Crippen LogP contribution in [-0.2, 0) is 22.6 Å². The Hall–Kier alpha value is -2.24. The number of hydrogen-bond acceptors (Lipinski definition) is 4. The van der Waals surface area contributed by atoms with Crippen molar-refractivity contribution in [2.75, 3.05) is 33.9 Å². The van der Waals surface area contributed by atoms with Crippen LogP contribution in [0.2, 0.25) is 0 Å². The number of hydrogen-bond donors (Lipinski definition) is 0. The van der Waals surface area contributed by atoms with Gasteiger partial charge in [-0.1, -0.05) is 0 Å². The Bertz CT molecular complexity index is 644. The number of carbonyl (C=O) groups excluding carboxylic acids is 2. The van der Waals surface area contributed by atoms with Crippen LogP contribution in [0.3, 0.4) is 0 Å². The number of rotatable bonds is 4. The van der Waals surface area contributed by atoms with E-state index in [4.69, 9.17) is 9.47 Å². The van der Waals surface area contributed by atoms with Crippen molar-refractivity contribution in [1.29, 1.82) is 0 Å². The number of likely N-dealkylation sites (tertiary alicyclic amines) is 1. The number of nitrogens with zero attached hydrogens (tertiary/aromatic N) is 2. The maximum Gasteiger partial charge on any atom is 0.242 e. The molecule has 6 nitrogen and oxygen atoms in total. The molecular weight excluding hydrogens is 308 g/mol. The van der Waals surface area contributed by atoms with Crippen LogP contribution in [0.4, 0.5) is 0 Å². The van der Waals surface area contributed by atoms with E-state index in [1.807, 2.05) is 17.0 Å². The van der Waals surface area contributed by atoms with Crippen LogP contribution in [-0.4, -0.2) is 55.5 Å². The lowest BCUT2D eigenvalue weighted by Gasteiger charge is -2.33. The number of benzene rings is 1. The zero-order valence-electron chi connectivity index (χ0n) is 14.3. The van der Waals surface area contributed by atoms with E-state index < -0.39 is 0 Å². The number of amides is 2.